The van der Waals surface area contributed by atoms with Gasteiger partial charge in [0.1, 0.15) is 17.4 Å². The zero-order valence-corrected chi connectivity index (χ0v) is 26.6. The predicted octanol–water partition coefficient (Wildman–Crippen LogP) is 3.95. The lowest BCUT2D eigenvalue weighted by atomic mass is 9.73. The number of rotatable bonds is 8. The van der Waals surface area contributed by atoms with Crippen molar-refractivity contribution in [3.63, 3.8) is 0 Å². The Morgan fingerprint density at radius 3 is 2.23 bits per heavy atom. The van der Waals surface area contributed by atoms with Gasteiger partial charge in [0.2, 0.25) is 17.7 Å². The molecule has 9 heteroatoms. The van der Waals surface area contributed by atoms with Crippen LogP contribution in [0, 0.1) is 17.8 Å². The van der Waals surface area contributed by atoms with Crippen LogP contribution in [0.3, 0.4) is 0 Å². The fraction of sp³-hybridized carbons (Fsp3) is 0.618. The Hall–Kier alpha value is -3.17. The minimum absolute atomic E-state index is 0.0750. The van der Waals surface area contributed by atoms with Gasteiger partial charge in [-0.1, -0.05) is 51.5 Å². The third kappa shape index (κ3) is 4.79. The van der Waals surface area contributed by atoms with Crippen LogP contribution in [0.2, 0.25) is 0 Å². The highest BCUT2D eigenvalue weighted by molar-refractivity contribution is 6.04. The van der Waals surface area contributed by atoms with E-state index in [0.717, 1.165) is 0 Å². The van der Waals surface area contributed by atoms with Crippen LogP contribution in [0.1, 0.15) is 61.3 Å². The maximum atomic E-state index is 14.8. The molecule has 1 aromatic carbocycles. The van der Waals surface area contributed by atoms with Gasteiger partial charge in [-0.2, -0.15) is 0 Å². The number of aliphatic hydroxyl groups is 1. The average Bonchev–Trinajstić information content (AvgIpc) is 3.26. The third-order valence-corrected chi connectivity index (χ3v) is 9.99. The Morgan fingerprint density at radius 1 is 0.977 bits per heavy atom. The van der Waals surface area contributed by atoms with Crippen LogP contribution in [0.25, 0.3) is 0 Å². The van der Waals surface area contributed by atoms with Crippen LogP contribution < -0.4 is 9.64 Å². The molecule has 7 atom stereocenters. The van der Waals surface area contributed by atoms with Gasteiger partial charge < -0.3 is 29.3 Å². The fourth-order valence-corrected chi connectivity index (χ4v) is 7.60. The lowest BCUT2D eigenvalue weighted by molar-refractivity contribution is -0.159. The number of ether oxygens (including phenoxy) is 2. The number of benzene rings is 1. The summed E-state index contributed by atoms with van der Waals surface area (Å²) in [6, 6.07) is 5.78. The Balaban J connectivity index is 1.67. The number of aliphatic hydroxyl groups excluding tert-OH is 1. The topological polar surface area (TPSA) is 99.6 Å². The monoisotopic (exact) mass is 593 g/mol. The van der Waals surface area contributed by atoms with Crippen molar-refractivity contribution in [2.45, 2.75) is 90.1 Å². The van der Waals surface area contributed by atoms with E-state index >= 15 is 0 Å². The zero-order valence-electron chi connectivity index (χ0n) is 26.6. The van der Waals surface area contributed by atoms with Gasteiger partial charge in [0.05, 0.1) is 36.7 Å². The predicted molar refractivity (Wildman–Crippen MR) is 164 cm³/mol. The fourth-order valence-electron chi connectivity index (χ4n) is 7.60. The largest absolute Gasteiger partial charge is 0.494 e. The molecule has 2 saturated heterocycles. The summed E-state index contributed by atoms with van der Waals surface area (Å²) in [7, 11) is 0. The van der Waals surface area contributed by atoms with E-state index in [1.54, 1.807) is 14.7 Å². The van der Waals surface area contributed by atoms with Crippen molar-refractivity contribution >= 4 is 23.4 Å². The number of hydrogen-bond donors (Lipinski definition) is 1. The first-order valence-corrected chi connectivity index (χ1v) is 15.7. The van der Waals surface area contributed by atoms with E-state index in [1.807, 2.05) is 97.0 Å². The number of carbonyl (C=O) groups is 3. The molecular formula is C34H47N3O6. The number of nitrogens with zero attached hydrogens (tertiary/aromatic N) is 3. The van der Waals surface area contributed by atoms with E-state index in [9.17, 15) is 19.5 Å². The van der Waals surface area contributed by atoms with Crippen LogP contribution in [0.15, 0.2) is 48.6 Å². The summed E-state index contributed by atoms with van der Waals surface area (Å²) in [6.45, 7) is 14.7. The van der Waals surface area contributed by atoms with Gasteiger partial charge in [-0.25, -0.2) is 0 Å². The standard InChI is InChI=1S/C34H47N3O6/c1-8-22(4)25(21-38)37-28-31(41)36(32(5,6)7)20-12-18-34(28)27(30(37)40)26-29(39)35(19-11-17-33(26,9-2)43-34)23-13-15-24(16-14-23)42-10-3/h11-18,22,25-28,38H,8-10,19-21H2,1-7H3/t22-,25-,26-,27-,28?,33+,34-/m0/s1. The Bertz CT molecular complexity index is 1300. The van der Waals surface area contributed by atoms with Crippen molar-refractivity contribution < 1.29 is 29.0 Å². The molecular weight excluding hydrogens is 546 g/mol. The molecule has 0 aliphatic carbocycles. The van der Waals surface area contributed by atoms with Crippen LogP contribution >= 0.6 is 0 Å². The molecule has 234 valence electrons. The van der Waals surface area contributed by atoms with Gasteiger partial charge in [-0.15, -0.1) is 0 Å². The van der Waals surface area contributed by atoms with Gasteiger partial charge in [0.15, 0.2) is 0 Å². The molecule has 1 aromatic rings. The second-order valence-electron chi connectivity index (χ2n) is 13.3. The highest BCUT2D eigenvalue weighted by Crippen LogP contribution is 2.59. The van der Waals surface area contributed by atoms with E-state index in [0.29, 0.717) is 44.0 Å². The van der Waals surface area contributed by atoms with Gasteiger partial charge in [-0.05, 0) is 64.3 Å². The zero-order chi connectivity index (χ0) is 31.3. The molecule has 4 aliphatic rings. The number of fused-ring (bicyclic) bond motifs is 2. The first-order valence-electron chi connectivity index (χ1n) is 15.7. The lowest BCUT2D eigenvalue weighted by Gasteiger charge is -2.44. The minimum atomic E-state index is -1.36. The van der Waals surface area contributed by atoms with Gasteiger partial charge >= 0.3 is 0 Å². The molecule has 5 rings (SSSR count). The molecule has 43 heavy (non-hydrogen) atoms. The highest BCUT2D eigenvalue weighted by atomic mass is 16.5. The van der Waals surface area contributed by atoms with Crippen molar-refractivity contribution in [2.75, 3.05) is 31.2 Å². The summed E-state index contributed by atoms with van der Waals surface area (Å²) >= 11 is 0. The molecule has 4 aliphatic heterocycles. The number of hydrogen-bond acceptors (Lipinski definition) is 6. The smallest absolute Gasteiger partial charge is 0.249 e. The van der Waals surface area contributed by atoms with Gasteiger partial charge in [0.25, 0.3) is 0 Å². The van der Waals surface area contributed by atoms with E-state index in [-0.39, 0.29) is 30.2 Å². The molecule has 1 N–H and O–H groups in total. The molecule has 3 amide bonds. The van der Waals surface area contributed by atoms with E-state index < -0.39 is 40.7 Å². The lowest BCUT2D eigenvalue weighted by Crippen LogP contribution is -2.62. The van der Waals surface area contributed by atoms with Gasteiger partial charge in [-0.3, -0.25) is 14.4 Å². The maximum absolute atomic E-state index is 14.8. The number of amides is 3. The van der Waals surface area contributed by atoms with E-state index in [1.165, 1.54) is 0 Å². The molecule has 1 spiro atoms. The van der Waals surface area contributed by atoms with Crippen LogP contribution in [-0.2, 0) is 19.1 Å². The first kappa shape index (κ1) is 31.3. The normalized spacial score (nSPS) is 31.9. The van der Waals surface area contributed by atoms with Gasteiger partial charge in [0, 0.05) is 24.3 Å². The Kier molecular flexibility index (Phi) is 8.28. The number of carbonyl (C=O) groups excluding carboxylic acids is 3. The molecule has 0 bridgehead atoms. The molecule has 1 unspecified atom stereocenters. The third-order valence-electron chi connectivity index (χ3n) is 9.99. The highest BCUT2D eigenvalue weighted by Gasteiger charge is 2.76. The van der Waals surface area contributed by atoms with E-state index in [2.05, 4.69) is 0 Å². The van der Waals surface area contributed by atoms with Crippen molar-refractivity contribution in [3.05, 3.63) is 48.6 Å². The summed E-state index contributed by atoms with van der Waals surface area (Å²) < 4.78 is 12.7. The van der Waals surface area contributed by atoms with Crippen molar-refractivity contribution in [2.24, 2.45) is 17.8 Å². The summed E-state index contributed by atoms with van der Waals surface area (Å²) in [5, 5.41) is 10.6. The minimum Gasteiger partial charge on any atom is -0.494 e. The maximum Gasteiger partial charge on any atom is 0.249 e. The number of anilines is 1. The molecule has 0 saturated carbocycles. The Morgan fingerprint density at radius 2 is 1.65 bits per heavy atom. The summed E-state index contributed by atoms with van der Waals surface area (Å²) in [5.74, 6) is -1.91. The van der Waals surface area contributed by atoms with Crippen molar-refractivity contribution in [1.82, 2.24) is 9.80 Å². The van der Waals surface area contributed by atoms with E-state index in [4.69, 9.17) is 9.47 Å². The van der Waals surface area contributed by atoms with Crippen LogP contribution in [0.5, 0.6) is 5.75 Å². The van der Waals surface area contributed by atoms with Crippen molar-refractivity contribution in [3.8, 4) is 5.75 Å². The summed E-state index contributed by atoms with van der Waals surface area (Å²) in [4.78, 5) is 49.2. The van der Waals surface area contributed by atoms with Crippen molar-refractivity contribution in [1.29, 1.82) is 0 Å². The second-order valence-corrected chi connectivity index (χ2v) is 13.3. The second kappa shape index (κ2) is 11.4. The first-order chi connectivity index (χ1) is 20.4. The molecule has 9 nitrogen and oxygen atoms in total. The van der Waals surface area contributed by atoms with Crippen LogP contribution in [0.4, 0.5) is 5.69 Å². The molecule has 0 radical (unpaired) electrons. The Labute approximate surface area is 255 Å². The van der Waals surface area contributed by atoms with Crippen LogP contribution in [-0.4, -0.2) is 87.8 Å². The molecule has 4 heterocycles. The SMILES string of the molecule is CCOc1ccc(N2CC=C[C@@]3(CC)O[C@]45C=CCN(C(C)(C)C)C(=O)C4N([C@@H](CO)[C@@H](C)CC)C(=O)[C@@H]5[C@H]3C2=O)cc1. The quantitative estimate of drug-likeness (QED) is 0.459. The molecule has 0 aromatic heterocycles. The molecule has 2 fully saturated rings. The number of likely N-dealkylation sites (tertiary alicyclic amines) is 1. The average molecular weight is 594 g/mol. The summed E-state index contributed by atoms with van der Waals surface area (Å²) in [6.07, 6.45) is 8.83. The summed E-state index contributed by atoms with van der Waals surface area (Å²) in [5.41, 5.74) is -2.26.